The molecule has 1 heterocycles. The Morgan fingerprint density at radius 3 is 2.66 bits per heavy atom. The molecule has 0 saturated carbocycles. The zero-order chi connectivity index (χ0) is 19.9. The summed E-state index contributed by atoms with van der Waals surface area (Å²) >= 11 is 0. The highest BCUT2D eigenvalue weighted by molar-refractivity contribution is 14.0. The second-order valence-electron chi connectivity index (χ2n) is 6.97. The van der Waals surface area contributed by atoms with Gasteiger partial charge in [0, 0.05) is 19.6 Å². The summed E-state index contributed by atoms with van der Waals surface area (Å²) in [6, 6.07) is 13.2. The zero-order valence-electron chi connectivity index (χ0n) is 16.9. The molecule has 0 aliphatic carbocycles. The van der Waals surface area contributed by atoms with E-state index in [1.54, 1.807) is 19.1 Å². The maximum atomic E-state index is 13.4. The first-order chi connectivity index (χ1) is 13.6. The number of nitrogens with one attached hydrogen (secondary N) is 2. The topological polar surface area (TPSA) is 56.7 Å². The molecule has 156 valence electrons. The van der Waals surface area contributed by atoms with Gasteiger partial charge in [0.1, 0.15) is 5.82 Å². The molecule has 1 amide bonds. The van der Waals surface area contributed by atoms with Crippen molar-refractivity contribution in [1.29, 1.82) is 0 Å². The highest BCUT2D eigenvalue weighted by atomic mass is 127. The van der Waals surface area contributed by atoms with Crippen LogP contribution in [0.3, 0.4) is 0 Å². The number of benzene rings is 2. The molecule has 2 aromatic rings. The second kappa shape index (κ2) is 11.1. The Morgan fingerprint density at radius 2 is 1.93 bits per heavy atom. The molecule has 5 nitrogen and oxygen atoms in total. The maximum Gasteiger partial charge on any atom is 0.242 e. The minimum atomic E-state index is -0.216. The van der Waals surface area contributed by atoms with Crippen molar-refractivity contribution >= 4 is 35.8 Å². The number of rotatable bonds is 5. The van der Waals surface area contributed by atoms with Crippen LogP contribution < -0.4 is 10.6 Å². The number of carbonyl (C=O) groups excluding carboxylic acids is 1. The van der Waals surface area contributed by atoms with Crippen molar-refractivity contribution in [2.24, 2.45) is 4.99 Å². The highest BCUT2D eigenvalue weighted by Crippen LogP contribution is 2.18. The smallest absolute Gasteiger partial charge is 0.242 e. The molecule has 0 fully saturated rings. The summed E-state index contributed by atoms with van der Waals surface area (Å²) in [4.78, 5) is 19.0. The lowest BCUT2D eigenvalue weighted by Gasteiger charge is -2.29. The number of fused-ring (bicyclic) bond motifs is 1. The molecule has 0 unspecified atom stereocenters. The van der Waals surface area contributed by atoms with Crippen LogP contribution in [-0.2, 0) is 24.3 Å². The summed E-state index contributed by atoms with van der Waals surface area (Å²) in [6.45, 7) is 6.40. The van der Waals surface area contributed by atoms with Gasteiger partial charge in [0.05, 0.1) is 13.1 Å². The van der Waals surface area contributed by atoms with Crippen LogP contribution >= 0.6 is 24.0 Å². The van der Waals surface area contributed by atoms with Gasteiger partial charge in [0.2, 0.25) is 5.91 Å². The molecular weight excluding hydrogens is 482 g/mol. The Bertz CT molecular complexity index is 872. The summed E-state index contributed by atoms with van der Waals surface area (Å²) in [5.74, 6) is 0.416. The molecule has 7 heteroatoms. The van der Waals surface area contributed by atoms with E-state index in [2.05, 4.69) is 27.8 Å². The van der Waals surface area contributed by atoms with Gasteiger partial charge in [-0.25, -0.2) is 9.38 Å². The monoisotopic (exact) mass is 510 g/mol. The number of halogens is 2. The molecule has 0 spiro atoms. The lowest BCUT2D eigenvalue weighted by atomic mass is 10.00. The van der Waals surface area contributed by atoms with Crippen LogP contribution in [0.5, 0.6) is 0 Å². The summed E-state index contributed by atoms with van der Waals surface area (Å²) < 4.78 is 13.4. The van der Waals surface area contributed by atoms with Crippen molar-refractivity contribution in [3.63, 3.8) is 0 Å². The molecule has 1 aliphatic rings. The van der Waals surface area contributed by atoms with E-state index in [0.717, 1.165) is 18.5 Å². The largest absolute Gasteiger partial charge is 0.357 e. The third kappa shape index (κ3) is 6.42. The third-order valence-corrected chi connectivity index (χ3v) is 4.88. The Kier molecular flexibility index (Phi) is 8.88. The van der Waals surface area contributed by atoms with Gasteiger partial charge in [-0.1, -0.05) is 36.4 Å². The quantitative estimate of drug-likeness (QED) is 0.369. The normalized spacial score (nSPS) is 13.3. The minimum Gasteiger partial charge on any atom is -0.357 e. The highest BCUT2D eigenvalue weighted by Gasteiger charge is 2.20. The van der Waals surface area contributed by atoms with Gasteiger partial charge in [0.25, 0.3) is 0 Å². The van der Waals surface area contributed by atoms with Gasteiger partial charge >= 0.3 is 0 Å². The maximum absolute atomic E-state index is 13.4. The fraction of sp³-hybridized carbons (Fsp3) is 0.364. The van der Waals surface area contributed by atoms with Crippen LogP contribution in [-0.4, -0.2) is 36.4 Å². The van der Waals surface area contributed by atoms with Crippen molar-refractivity contribution in [1.82, 2.24) is 15.5 Å². The molecule has 0 bridgehead atoms. The second-order valence-corrected chi connectivity index (χ2v) is 6.97. The van der Waals surface area contributed by atoms with E-state index in [1.165, 1.54) is 17.2 Å². The average Bonchev–Trinajstić information content (AvgIpc) is 2.72. The van der Waals surface area contributed by atoms with Crippen molar-refractivity contribution in [3.8, 4) is 0 Å². The van der Waals surface area contributed by atoms with E-state index in [0.29, 0.717) is 31.2 Å². The van der Waals surface area contributed by atoms with Crippen LogP contribution in [0, 0.1) is 12.7 Å². The lowest BCUT2D eigenvalue weighted by Crippen LogP contribution is -2.45. The summed E-state index contributed by atoms with van der Waals surface area (Å²) in [6.07, 6.45) is 0.889. The average molecular weight is 510 g/mol. The zero-order valence-corrected chi connectivity index (χ0v) is 19.2. The van der Waals surface area contributed by atoms with Gasteiger partial charge < -0.3 is 15.5 Å². The molecular formula is C22H28FIN4O. The fourth-order valence-corrected chi connectivity index (χ4v) is 3.30. The standard InChI is InChI=1S/C22H27FN4O.HI/c1-3-24-22(25-13-17-8-9-20(23)16(2)12-17)26-14-21(28)27-11-10-18-6-4-5-7-19(18)15-27;/h4-9,12H,3,10-11,13-15H2,1-2H3,(H2,24,25,26);1H. The van der Waals surface area contributed by atoms with Gasteiger partial charge in [-0.15, -0.1) is 24.0 Å². The molecule has 2 aromatic carbocycles. The Morgan fingerprint density at radius 1 is 1.17 bits per heavy atom. The SMILES string of the molecule is CCNC(=NCc1ccc(F)c(C)c1)NCC(=O)N1CCc2ccccc2C1.I. The first-order valence-electron chi connectivity index (χ1n) is 9.68. The van der Waals surface area contributed by atoms with E-state index in [1.807, 2.05) is 24.0 Å². The number of hydrogen-bond acceptors (Lipinski definition) is 2. The number of hydrogen-bond donors (Lipinski definition) is 2. The Balaban J connectivity index is 0.00000300. The van der Waals surface area contributed by atoms with E-state index in [4.69, 9.17) is 0 Å². The van der Waals surface area contributed by atoms with Crippen molar-refractivity contribution in [2.45, 2.75) is 33.4 Å². The third-order valence-electron chi connectivity index (χ3n) is 4.88. The van der Waals surface area contributed by atoms with Crippen LogP contribution in [0.15, 0.2) is 47.5 Å². The fourth-order valence-electron chi connectivity index (χ4n) is 3.30. The van der Waals surface area contributed by atoms with Crippen molar-refractivity contribution in [2.75, 3.05) is 19.6 Å². The first-order valence-corrected chi connectivity index (χ1v) is 9.68. The molecule has 1 aliphatic heterocycles. The van der Waals surface area contributed by atoms with Crippen LogP contribution in [0.2, 0.25) is 0 Å². The molecule has 29 heavy (non-hydrogen) atoms. The Labute approximate surface area is 188 Å². The van der Waals surface area contributed by atoms with Gasteiger partial charge in [0.15, 0.2) is 5.96 Å². The lowest BCUT2D eigenvalue weighted by molar-refractivity contribution is -0.130. The molecule has 3 rings (SSSR count). The molecule has 0 saturated heterocycles. The minimum absolute atomic E-state index is 0. The van der Waals surface area contributed by atoms with Gasteiger partial charge in [-0.05, 0) is 48.6 Å². The summed E-state index contributed by atoms with van der Waals surface area (Å²) in [7, 11) is 0. The van der Waals surface area contributed by atoms with Crippen molar-refractivity contribution < 1.29 is 9.18 Å². The first kappa shape index (κ1) is 23.1. The van der Waals surface area contributed by atoms with Gasteiger partial charge in [-0.3, -0.25) is 4.79 Å². The summed E-state index contributed by atoms with van der Waals surface area (Å²) in [5, 5.41) is 6.26. The van der Waals surface area contributed by atoms with Crippen LogP contribution in [0.25, 0.3) is 0 Å². The van der Waals surface area contributed by atoms with E-state index in [9.17, 15) is 9.18 Å². The molecule has 2 N–H and O–H groups in total. The molecule has 0 radical (unpaired) electrons. The number of aliphatic imine (C=N–C) groups is 1. The summed E-state index contributed by atoms with van der Waals surface area (Å²) in [5.41, 5.74) is 4.07. The molecule has 0 aromatic heterocycles. The number of aryl methyl sites for hydroxylation is 1. The van der Waals surface area contributed by atoms with E-state index in [-0.39, 0.29) is 42.2 Å². The number of guanidine groups is 1. The predicted octanol–water partition coefficient (Wildman–Crippen LogP) is 3.39. The van der Waals surface area contributed by atoms with E-state index >= 15 is 0 Å². The number of amides is 1. The van der Waals surface area contributed by atoms with Crippen molar-refractivity contribution in [3.05, 3.63) is 70.5 Å². The van der Waals surface area contributed by atoms with Crippen LogP contribution in [0.4, 0.5) is 4.39 Å². The van der Waals surface area contributed by atoms with Gasteiger partial charge in [-0.2, -0.15) is 0 Å². The Hall–Kier alpha value is -2.16. The number of nitrogens with zero attached hydrogens (tertiary/aromatic N) is 2. The number of carbonyl (C=O) groups is 1. The van der Waals surface area contributed by atoms with Crippen LogP contribution in [0.1, 0.15) is 29.2 Å². The predicted molar refractivity (Wildman–Crippen MR) is 125 cm³/mol. The van der Waals surface area contributed by atoms with E-state index < -0.39 is 0 Å². The molecule has 0 atom stereocenters.